The zero-order valence-electron chi connectivity index (χ0n) is 15.6. The van der Waals surface area contributed by atoms with Gasteiger partial charge in [0.15, 0.2) is 5.78 Å². The van der Waals surface area contributed by atoms with Gasteiger partial charge >= 0.3 is 0 Å². The summed E-state index contributed by atoms with van der Waals surface area (Å²) in [5.74, 6) is 1.88. The third-order valence-corrected chi connectivity index (χ3v) is 8.58. The highest BCUT2D eigenvalue weighted by molar-refractivity contribution is 6.01. The van der Waals surface area contributed by atoms with Gasteiger partial charge in [0.25, 0.3) is 0 Å². The van der Waals surface area contributed by atoms with E-state index < -0.39 is 0 Å². The van der Waals surface area contributed by atoms with Crippen molar-refractivity contribution in [3.63, 3.8) is 0 Å². The first-order chi connectivity index (χ1) is 11.8. The predicted octanol–water partition coefficient (Wildman–Crippen LogP) is 3.72. The van der Waals surface area contributed by atoms with Crippen molar-refractivity contribution in [2.24, 2.45) is 40.4 Å². The largest absolute Gasteiger partial charge is 0.393 e. The number of aliphatic hydroxyl groups excluding tert-OH is 1. The SMILES string of the molecule is CC(C=O)[C@H]1CC[C@H]2[C@@H]3CCC4=CC(=O)C=C[C@]4(C)[C@H]3C[C@H](O)[C@]12C. The Morgan fingerprint density at radius 2 is 2.00 bits per heavy atom. The molecule has 0 radical (unpaired) electrons. The molecule has 3 fully saturated rings. The lowest BCUT2D eigenvalue weighted by Gasteiger charge is -2.59. The summed E-state index contributed by atoms with van der Waals surface area (Å²) in [6.07, 6.45) is 11.4. The van der Waals surface area contributed by atoms with E-state index in [0.29, 0.717) is 23.7 Å². The van der Waals surface area contributed by atoms with Crippen molar-refractivity contribution in [3.05, 3.63) is 23.8 Å². The molecule has 0 aromatic heterocycles. The smallest absolute Gasteiger partial charge is 0.178 e. The van der Waals surface area contributed by atoms with Crippen LogP contribution < -0.4 is 0 Å². The first-order valence-corrected chi connectivity index (χ1v) is 9.90. The highest BCUT2D eigenvalue weighted by Crippen LogP contribution is 2.66. The van der Waals surface area contributed by atoms with Gasteiger partial charge < -0.3 is 9.90 Å². The molecule has 25 heavy (non-hydrogen) atoms. The van der Waals surface area contributed by atoms with Crippen molar-refractivity contribution in [1.29, 1.82) is 0 Å². The monoisotopic (exact) mass is 342 g/mol. The van der Waals surface area contributed by atoms with Crippen LogP contribution in [0.4, 0.5) is 0 Å². The Labute approximate surface area is 150 Å². The topological polar surface area (TPSA) is 54.4 Å². The molecule has 8 atom stereocenters. The van der Waals surface area contributed by atoms with E-state index in [9.17, 15) is 14.7 Å². The molecule has 4 aliphatic rings. The molecule has 0 amide bonds. The van der Waals surface area contributed by atoms with E-state index in [2.05, 4.69) is 19.9 Å². The van der Waals surface area contributed by atoms with E-state index in [0.717, 1.165) is 38.4 Å². The molecular weight excluding hydrogens is 312 g/mol. The van der Waals surface area contributed by atoms with Gasteiger partial charge in [0.1, 0.15) is 6.29 Å². The van der Waals surface area contributed by atoms with Gasteiger partial charge in [-0.2, -0.15) is 0 Å². The molecule has 3 saturated carbocycles. The van der Waals surface area contributed by atoms with Gasteiger partial charge in [-0.05, 0) is 67.9 Å². The van der Waals surface area contributed by atoms with Crippen LogP contribution in [0.25, 0.3) is 0 Å². The molecule has 136 valence electrons. The summed E-state index contributed by atoms with van der Waals surface area (Å²) in [4.78, 5) is 23.3. The maximum absolute atomic E-state index is 11.8. The van der Waals surface area contributed by atoms with Gasteiger partial charge in [0.05, 0.1) is 6.10 Å². The molecule has 4 aliphatic carbocycles. The maximum Gasteiger partial charge on any atom is 0.178 e. The molecule has 0 spiro atoms. The fraction of sp³-hybridized carbons (Fsp3) is 0.727. The van der Waals surface area contributed by atoms with Gasteiger partial charge in [-0.1, -0.05) is 32.4 Å². The number of aldehydes is 1. The molecule has 0 aromatic carbocycles. The Bertz CT molecular complexity index is 662. The summed E-state index contributed by atoms with van der Waals surface area (Å²) in [5, 5.41) is 11.2. The zero-order chi connectivity index (χ0) is 18.0. The van der Waals surface area contributed by atoms with Crippen molar-refractivity contribution < 1.29 is 14.7 Å². The Kier molecular flexibility index (Phi) is 3.88. The van der Waals surface area contributed by atoms with Crippen LogP contribution in [0.5, 0.6) is 0 Å². The highest BCUT2D eigenvalue weighted by atomic mass is 16.3. The number of ketones is 1. The first-order valence-electron chi connectivity index (χ1n) is 9.90. The number of rotatable bonds is 2. The second kappa shape index (κ2) is 5.64. The molecular formula is C22H30O3. The van der Waals surface area contributed by atoms with E-state index >= 15 is 0 Å². The third-order valence-electron chi connectivity index (χ3n) is 8.58. The maximum atomic E-state index is 11.8. The first kappa shape index (κ1) is 17.2. The molecule has 4 rings (SSSR count). The number of hydrogen-bond donors (Lipinski definition) is 1. The van der Waals surface area contributed by atoms with Gasteiger partial charge in [-0.3, -0.25) is 4.79 Å². The summed E-state index contributed by atoms with van der Waals surface area (Å²) in [7, 11) is 0. The minimum Gasteiger partial charge on any atom is -0.393 e. The van der Waals surface area contributed by atoms with Gasteiger partial charge in [-0.25, -0.2) is 0 Å². The molecule has 3 heteroatoms. The van der Waals surface area contributed by atoms with Gasteiger partial charge in [0.2, 0.25) is 0 Å². The van der Waals surface area contributed by atoms with E-state index in [-0.39, 0.29) is 28.6 Å². The molecule has 3 nitrogen and oxygen atoms in total. The zero-order valence-corrected chi connectivity index (χ0v) is 15.6. The summed E-state index contributed by atoms with van der Waals surface area (Å²) < 4.78 is 0. The third kappa shape index (κ3) is 2.21. The lowest BCUT2D eigenvalue weighted by molar-refractivity contribution is -0.136. The fourth-order valence-electron chi connectivity index (χ4n) is 7.15. The van der Waals surface area contributed by atoms with E-state index in [1.807, 2.05) is 13.0 Å². The number of carbonyl (C=O) groups is 2. The van der Waals surface area contributed by atoms with Crippen molar-refractivity contribution in [1.82, 2.24) is 0 Å². The van der Waals surface area contributed by atoms with Crippen LogP contribution in [0.3, 0.4) is 0 Å². The average molecular weight is 342 g/mol. The van der Waals surface area contributed by atoms with Crippen molar-refractivity contribution in [2.75, 3.05) is 0 Å². The lowest BCUT2D eigenvalue weighted by atomic mass is 9.46. The average Bonchev–Trinajstić information content (AvgIpc) is 2.95. The van der Waals surface area contributed by atoms with Crippen LogP contribution in [-0.4, -0.2) is 23.3 Å². The predicted molar refractivity (Wildman–Crippen MR) is 96.7 cm³/mol. The van der Waals surface area contributed by atoms with Crippen molar-refractivity contribution in [2.45, 2.75) is 59.0 Å². The summed E-state index contributed by atoms with van der Waals surface area (Å²) in [6, 6.07) is 0. The lowest BCUT2D eigenvalue weighted by Crippen LogP contribution is -2.56. The van der Waals surface area contributed by atoms with Crippen LogP contribution >= 0.6 is 0 Å². The van der Waals surface area contributed by atoms with E-state index in [1.54, 1.807) is 6.08 Å². The minimum atomic E-state index is -0.365. The standard InChI is InChI=1S/C22H30O3/c1-13(12-23)17-6-7-18-16-5-4-14-10-15(24)8-9-21(14,2)19(16)11-20(25)22(17,18)3/h8-10,12-13,16-20,25H,4-7,11H2,1-3H3/t13?,16-,17+,18-,19-,20-,21-,22+/m0/s1. The fourth-order valence-corrected chi connectivity index (χ4v) is 7.15. The molecule has 0 heterocycles. The Morgan fingerprint density at radius 1 is 1.24 bits per heavy atom. The Balaban J connectivity index is 1.71. The van der Waals surface area contributed by atoms with Crippen LogP contribution in [0.2, 0.25) is 0 Å². The number of allylic oxidation sites excluding steroid dienone is 4. The second-order valence-corrected chi connectivity index (χ2v) is 9.40. The van der Waals surface area contributed by atoms with Gasteiger partial charge in [0, 0.05) is 16.7 Å². The molecule has 0 bridgehead atoms. The second-order valence-electron chi connectivity index (χ2n) is 9.40. The van der Waals surface area contributed by atoms with Crippen LogP contribution in [0, 0.1) is 40.4 Å². The molecule has 1 N–H and O–H groups in total. The molecule has 1 unspecified atom stereocenters. The number of aliphatic hydroxyl groups is 1. The van der Waals surface area contributed by atoms with E-state index in [4.69, 9.17) is 0 Å². The van der Waals surface area contributed by atoms with E-state index in [1.165, 1.54) is 5.57 Å². The van der Waals surface area contributed by atoms with Crippen LogP contribution in [0.15, 0.2) is 23.8 Å². The molecule has 0 aromatic rings. The number of hydrogen-bond acceptors (Lipinski definition) is 3. The minimum absolute atomic E-state index is 0.0167. The molecule has 0 saturated heterocycles. The normalized spacial score (nSPS) is 49.7. The Morgan fingerprint density at radius 3 is 2.72 bits per heavy atom. The van der Waals surface area contributed by atoms with Crippen LogP contribution in [0.1, 0.15) is 52.9 Å². The van der Waals surface area contributed by atoms with Gasteiger partial charge in [-0.15, -0.1) is 0 Å². The summed E-state index contributed by atoms with van der Waals surface area (Å²) >= 11 is 0. The quantitative estimate of drug-likeness (QED) is 0.778. The highest BCUT2D eigenvalue weighted by Gasteiger charge is 2.62. The number of carbonyl (C=O) groups excluding carboxylic acids is 2. The van der Waals surface area contributed by atoms with Crippen LogP contribution in [-0.2, 0) is 9.59 Å². The van der Waals surface area contributed by atoms with Crippen molar-refractivity contribution in [3.8, 4) is 0 Å². The summed E-state index contributed by atoms with van der Waals surface area (Å²) in [6.45, 7) is 6.52. The summed E-state index contributed by atoms with van der Waals surface area (Å²) in [5.41, 5.74) is 1.02. The molecule has 0 aliphatic heterocycles. The van der Waals surface area contributed by atoms with Crippen molar-refractivity contribution >= 4 is 12.1 Å². The Hall–Kier alpha value is -1.22. The number of fused-ring (bicyclic) bond motifs is 5.